The Morgan fingerprint density at radius 1 is 0.875 bits per heavy atom. The van der Waals surface area contributed by atoms with E-state index in [9.17, 15) is 0 Å². The second kappa shape index (κ2) is 5.08. The van der Waals surface area contributed by atoms with Gasteiger partial charge in [0, 0.05) is 23.3 Å². The van der Waals surface area contributed by atoms with Gasteiger partial charge in [0.2, 0.25) is 0 Å². The van der Waals surface area contributed by atoms with Crippen molar-refractivity contribution in [2.45, 2.75) is 6.54 Å². The number of fused-ring (bicyclic) bond motifs is 5. The van der Waals surface area contributed by atoms with Gasteiger partial charge >= 0.3 is 0 Å². The van der Waals surface area contributed by atoms with E-state index < -0.39 is 0 Å². The standard InChI is InChI=1S/C19H13ClN4/c20-15-9-8-14-12-23-10-4-7-16(23)19-22-21-18(24(19)17(14)11-15)13-5-2-1-3-6-13/h1-11H,12H2. The SMILES string of the molecule is Clc1ccc2c(c1)-n1c(-c3ccccc3)nnc1-c1cccn1C2. The summed E-state index contributed by atoms with van der Waals surface area (Å²) in [5.74, 6) is 1.66. The van der Waals surface area contributed by atoms with E-state index in [2.05, 4.69) is 37.7 Å². The number of benzene rings is 2. The molecule has 116 valence electrons. The molecular weight excluding hydrogens is 320 g/mol. The van der Waals surface area contributed by atoms with Gasteiger partial charge in [-0.25, -0.2) is 0 Å². The minimum atomic E-state index is 0.707. The largest absolute Gasteiger partial charge is 0.340 e. The third-order valence-corrected chi connectivity index (χ3v) is 4.62. The first-order valence-electron chi connectivity index (χ1n) is 7.76. The van der Waals surface area contributed by atoms with Crippen molar-refractivity contribution in [1.29, 1.82) is 0 Å². The number of halogens is 1. The number of hydrogen-bond acceptors (Lipinski definition) is 2. The molecule has 0 radical (unpaired) electrons. The lowest BCUT2D eigenvalue weighted by molar-refractivity contribution is 0.816. The summed E-state index contributed by atoms with van der Waals surface area (Å²) in [7, 11) is 0. The fraction of sp³-hybridized carbons (Fsp3) is 0.0526. The Bertz CT molecular complexity index is 1050. The summed E-state index contributed by atoms with van der Waals surface area (Å²) in [4.78, 5) is 0. The molecule has 0 atom stereocenters. The lowest BCUT2D eigenvalue weighted by Gasteiger charge is -2.12. The summed E-state index contributed by atoms with van der Waals surface area (Å²) in [6.45, 7) is 0.784. The molecule has 0 aliphatic carbocycles. The molecule has 0 saturated heterocycles. The number of rotatable bonds is 1. The molecule has 4 nitrogen and oxygen atoms in total. The second-order valence-corrected chi connectivity index (χ2v) is 6.28. The molecule has 0 spiro atoms. The first kappa shape index (κ1) is 13.6. The average molecular weight is 333 g/mol. The van der Waals surface area contributed by atoms with Crippen LogP contribution in [0.5, 0.6) is 0 Å². The van der Waals surface area contributed by atoms with Gasteiger partial charge in [0.15, 0.2) is 11.6 Å². The Morgan fingerprint density at radius 2 is 1.71 bits per heavy atom. The molecule has 0 unspecified atom stereocenters. The van der Waals surface area contributed by atoms with Crippen molar-refractivity contribution in [3.8, 4) is 28.6 Å². The van der Waals surface area contributed by atoms with E-state index in [-0.39, 0.29) is 0 Å². The van der Waals surface area contributed by atoms with Crippen LogP contribution in [0.15, 0.2) is 66.9 Å². The minimum Gasteiger partial charge on any atom is -0.340 e. The number of hydrogen-bond donors (Lipinski definition) is 0. The molecule has 0 fully saturated rings. The van der Waals surface area contributed by atoms with Gasteiger partial charge in [0.1, 0.15) is 0 Å². The molecule has 5 rings (SSSR count). The van der Waals surface area contributed by atoms with Crippen LogP contribution in [0.1, 0.15) is 5.56 Å². The first-order valence-corrected chi connectivity index (χ1v) is 8.14. The van der Waals surface area contributed by atoms with E-state index in [1.165, 1.54) is 5.56 Å². The van der Waals surface area contributed by atoms with E-state index in [4.69, 9.17) is 11.6 Å². The van der Waals surface area contributed by atoms with Crippen molar-refractivity contribution in [3.63, 3.8) is 0 Å². The molecule has 0 bridgehead atoms. The van der Waals surface area contributed by atoms with E-state index in [1.807, 2.05) is 48.5 Å². The maximum Gasteiger partial charge on any atom is 0.185 e. The minimum absolute atomic E-state index is 0.707. The summed E-state index contributed by atoms with van der Waals surface area (Å²) < 4.78 is 4.30. The quantitative estimate of drug-likeness (QED) is 0.455. The number of nitrogens with zero attached hydrogens (tertiary/aromatic N) is 4. The molecule has 24 heavy (non-hydrogen) atoms. The third kappa shape index (κ3) is 1.93. The molecule has 0 N–H and O–H groups in total. The predicted octanol–water partition coefficient (Wildman–Crippen LogP) is 4.42. The highest BCUT2D eigenvalue weighted by Crippen LogP contribution is 2.34. The van der Waals surface area contributed by atoms with Crippen LogP contribution < -0.4 is 0 Å². The van der Waals surface area contributed by atoms with Gasteiger partial charge in [-0.3, -0.25) is 4.57 Å². The molecule has 0 amide bonds. The summed E-state index contributed by atoms with van der Waals surface area (Å²) in [5.41, 5.74) is 4.30. The van der Waals surface area contributed by atoms with Gasteiger partial charge in [0.25, 0.3) is 0 Å². The summed E-state index contributed by atoms with van der Waals surface area (Å²) in [6, 6.07) is 20.2. The number of aromatic nitrogens is 4. The second-order valence-electron chi connectivity index (χ2n) is 5.84. The highest BCUT2D eigenvalue weighted by molar-refractivity contribution is 6.30. The maximum atomic E-state index is 6.29. The van der Waals surface area contributed by atoms with Crippen LogP contribution in [0, 0.1) is 0 Å². The van der Waals surface area contributed by atoms with E-state index in [1.54, 1.807) is 0 Å². The van der Waals surface area contributed by atoms with Crippen molar-refractivity contribution in [2.24, 2.45) is 0 Å². The Morgan fingerprint density at radius 3 is 2.58 bits per heavy atom. The zero-order valence-electron chi connectivity index (χ0n) is 12.7. The van der Waals surface area contributed by atoms with Gasteiger partial charge in [-0.1, -0.05) is 48.0 Å². The predicted molar refractivity (Wildman–Crippen MR) is 94.3 cm³/mol. The van der Waals surface area contributed by atoms with Crippen molar-refractivity contribution in [3.05, 3.63) is 77.4 Å². The average Bonchev–Trinajstić information content (AvgIpc) is 3.21. The Labute approximate surface area is 144 Å². The zero-order chi connectivity index (χ0) is 16.1. The lowest BCUT2D eigenvalue weighted by atomic mass is 10.1. The summed E-state index contributed by atoms with van der Waals surface area (Å²) in [6.07, 6.45) is 2.07. The molecule has 2 aromatic heterocycles. The van der Waals surface area contributed by atoms with Crippen molar-refractivity contribution >= 4 is 11.6 Å². The van der Waals surface area contributed by atoms with Gasteiger partial charge < -0.3 is 4.57 Å². The van der Waals surface area contributed by atoms with Crippen molar-refractivity contribution in [2.75, 3.05) is 0 Å². The molecule has 1 aliphatic heterocycles. The Balaban J connectivity index is 1.88. The molecule has 1 aliphatic rings. The highest BCUT2D eigenvalue weighted by atomic mass is 35.5. The van der Waals surface area contributed by atoms with Crippen LogP contribution in [-0.2, 0) is 6.54 Å². The van der Waals surface area contributed by atoms with Crippen LogP contribution in [0.4, 0.5) is 0 Å². The van der Waals surface area contributed by atoms with E-state index >= 15 is 0 Å². The van der Waals surface area contributed by atoms with Gasteiger partial charge in [0.05, 0.1) is 11.4 Å². The smallest absolute Gasteiger partial charge is 0.185 e. The van der Waals surface area contributed by atoms with Crippen LogP contribution in [0.2, 0.25) is 5.02 Å². The highest BCUT2D eigenvalue weighted by Gasteiger charge is 2.24. The third-order valence-electron chi connectivity index (χ3n) is 4.38. The van der Waals surface area contributed by atoms with E-state index in [0.717, 1.165) is 35.1 Å². The molecule has 4 aromatic rings. The van der Waals surface area contributed by atoms with Gasteiger partial charge in [-0.2, -0.15) is 0 Å². The summed E-state index contributed by atoms with van der Waals surface area (Å²) in [5, 5.41) is 9.66. The van der Waals surface area contributed by atoms with Crippen LogP contribution in [-0.4, -0.2) is 19.3 Å². The maximum absolute atomic E-state index is 6.29. The molecule has 3 heterocycles. The van der Waals surface area contributed by atoms with Gasteiger partial charge in [-0.15, -0.1) is 10.2 Å². The fourth-order valence-corrected chi connectivity index (χ4v) is 3.44. The zero-order valence-corrected chi connectivity index (χ0v) is 13.5. The van der Waals surface area contributed by atoms with Crippen LogP contribution in [0.25, 0.3) is 28.6 Å². The summed E-state index contributed by atoms with van der Waals surface area (Å²) >= 11 is 6.29. The van der Waals surface area contributed by atoms with Gasteiger partial charge in [-0.05, 0) is 29.8 Å². The van der Waals surface area contributed by atoms with Crippen LogP contribution in [0.3, 0.4) is 0 Å². The monoisotopic (exact) mass is 332 g/mol. The van der Waals surface area contributed by atoms with Crippen molar-refractivity contribution < 1.29 is 0 Å². The normalized spacial score (nSPS) is 12.2. The molecular formula is C19H13ClN4. The fourth-order valence-electron chi connectivity index (χ4n) is 3.27. The Kier molecular flexibility index (Phi) is 2.87. The van der Waals surface area contributed by atoms with Crippen LogP contribution >= 0.6 is 11.6 Å². The Hall–Kier alpha value is -2.85. The first-order chi connectivity index (χ1) is 11.8. The topological polar surface area (TPSA) is 35.6 Å². The molecule has 2 aromatic carbocycles. The van der Waals surface area contributed by atoms with E-state index in [0.29, 0.717) is 5.02 Å². The molecule has 5 heteroatoms. The lowest BCUT2D eigenvalue weighted by Crippen LogP contribution is -2.02. The van der Waals surface area contributed by atoms with Crippen molar-refractivity contribution in [1.82, 2.24) is 19.3 Å². The molecule has 0 saturated carbocycles.